The zero-order chi connectivity index (χ0) is 15.2. The van der Waals surface area contributed by atoms with Crippen molar-refractivity contribution in [3.8, 4) is 0 Å². The molecule has 3 nitrogen and oxygen atoms in total. The van der Waals surface area contributed by atoms with Gasteiger partial charge in [-0.25, -0.2) is 12.7 Å². The molecule has 1 aromatic carbocycles. The van der Waals surface area contributed by atoms with E-state index in [2.05, 4.69) is 6.92 Å². The summed E-state index contributed by atoms with van der Waals surface area (Å²) in [7, 11) is -1.77. The first-order chi connectivity index (χ1) is 9.47. The van der Waals surface area contributed by atoms with Crippen LogP contribution < -0.4 is 0 Å². The second-order valence-electron chi connectivity index (χ2n) is 4.96. The van der Waals surface area contributed by atoms with Crippen molar-refractivity contribution in [2.45, 2.75) is 50.3 Å². The number of hydrogen-bond acceptors (Lipinski definition) is 2. The molecule has 0 atom stereocenters. The van der Waals surface area contributed by atoms with Crippen LogP contribution in [0.1, 0.15) is 44.2 Å². The molecule has 1 rings (SSSR count). The summed E-state index contributed by atoms with van der Waals surface area (Å²) >= 11 is 5.82. The van der Waals surface area contributed by atoms with E-state index in [1.807, 2.05) is 19.1 Å². The van der Waals surface area contributed by atoms with Crippen LogP contribution in [0.5, 0.6) is 0 Å². The van der Waals surface area contributed by atoms with Crippen molar-refractivity contribution in [2.75, 3.05) is 13.6 Å². The van der Waals surface area contributed by atoms with Gasteiger partial charge in [0.1, 0.15) is 0 Å². The number of rotatable bonds is 8. The molecule has 0 fully saturated rings. The van der Waals surface area contributed by atoms with Gasteiger partial charge in [0.15, 0.2) is 0 Å². The van der Waals surface area contributed by atoms with Gasteiger partial charge in [0, 0.05) is 19.5 Å². The quantitative estimate of drug-likeness (QED) is 0.540. The molecular formula is C15H24ClNO2S. The molecule has 0 unspecified atom stereocenters. The van der Waals surface area contributed by atoms with E-state index < -0.39 is 10.0 Å². The Morgan fingerprint density at radius 1 is 1.20 bits per heavy atom. The van der Waals surface area contributed by atoms with Crippen LogP contribution >= 0.6 is 11.6 Å². The Labute approximate surface area is 128 Å². The molecule has 114 valence electrons. The van der Waals surface area contributed by atoms with Gasteiger partial charge in [0.05, 0.1) is 4.90 Å². The number of benzene rings is 1. The predicted molar refractivity (Wildman–Crippen MR) is 84.7 cm³/mol. The number of nitrogens with zero attached hydrogens (tertiary/aromatic N) is 1. The molecule has 0 aliphatic carbocycles. The first-order valence-electron chi connectivity index (χ1n) is 7.11. The third-order valence-electron chi connectivity index (χ3n) is 3.43. The number of aryl methyl sites for hydroxylation is 1. The standard InChI is InChI=1S/C15H24ClNO2S/c1-4-6-7-10-17(3)20(18,19)15-11-13(12-16)8-9-14(15)5-2/h8-9,11H,4-7,10,12H2,1-3H3. The molecule has 0 aromatic heterocycles. The van der Waals surface area contributed by atoms with E-state index >= 15 is 0 Å². The summed E-state index contributed by atoms with van der Waals surface area (Å²) in [5, 5.41) is 0. The van der Waals surface area contributed by atoms with Crippen LogP contribution in [0, 0.1) is 0 Å². The lowest BCUT2D eigenvalue weighted by Crippen LogP contribution is -2.28. The van der Waals surface area contributed by atoms with E-state index in [1.165, 1.54) is 4.31 Å². The fourth-order valence-electron chi connectivity index (χ4n) is 2.09. The first kappa shape index (κ1) is 17.5. The van der Waals surface area contributed by atoms with E-state index in [0.717, 1.165) is 30.4 Å². The molecule has 1 aromatic rings. The lowest BCUT2D eigenvalue weighted by atomic mass is 10.1. The van der Waals surface area contributed by atoms with Crippen LogP contribution in [0.15, 0.2) is 23.1 Å². The van der Waals surface area contributed by atoms with Crippen LogP contribution in [0.3, 0.4) is 0 Å². The third kappa shape index (κ3) is 4.21. The highest BCUT2D eigenvalue weighted by atomic mass is 35.5. The average molecular weight is 318 g/mol. The van der Waals surface area contributed by atoms with E-state index in [0.29, 0.717) is 23.7 Å². The minimum atomic E-state index is -3.42. The normalized spacial score (nSPS) is 12.1. The van der Waals surface area contributed by atoms with Gasteiger partial charge in [-0.15, -0.1) is 11.6 Å². The van der Waals surface area contributed by atoms with E-state index in [-0.39, 0.29) is 0 Å². The molecule has 0 N–H and O–H groups in total. The Bertz CT molecular complexity index is 529. The lowest BCUT2D eigenvalue weighted by molar-refractivity contribution is 0.453. The van der Waals surface area contributed by atoms with Crippen LogP contribution in [0.4, 0.5) is 0 Å². The van der Waals surface area contributed by atoms with Crippen molar-refractivity contribution in [1.82, 2.24) is 4.31 Å². The number of alkyl halides is 1. The summed E-state index contributed by atoms with van der Waals surface area (Å²) in [4.78, 5) is 0.400. The van der Waals surface area contributed by atoms with Gasteiger partial charge >= 0.3 is 0 Å². The second-order valence-corrected chi connectivity index (χ2v) is 7.24. The monoisotopic (exact) mass is 317 g/mol. The number of sulfonamides is 1. The van der Waals surface area contributed by atoms with Gasteiger partial charge in [0.25, 0.3) is 0 Å². The van der Waals surface area contributed by atoms with Crippen molar-refractivity contribution >= 4 is 21.6 Å². The van der Waals surface area contributed by atoms with Gasteiger partial charge in [-0.1, -0.05) is 38.8 Å². The average Bonchev–Trinajstić information content (AvgIpc) is 2.46. The highest BCUT2D eigenvalue weighted by Gasteiger charge is 2.23. The Morgan fingerprint density at radius 3 is 2.45 bits per heavy atom. The Kier molecular flexibility index (Phi) is 7.00. The molecule has 0 radical (unpaired) electrons. The molecule has 0 bridgehead atoms. The molecule has 0 spiro atoms. The predicted octanol–water partition coefficient (Wildman–Crippen LogP) is 3.80. The zero-order valence-corrected chi connectivity index (χ0v) is 14.1. The molecule has 0 aliphatic rings. The van der Waals surface area contributed by atoms with Gasteiger partial charge in [-0.05, 0) is 30.0 Å². The zero-order valence-electron chi connectivity index (χ0n) is 12.5. The summed E-state index contributed by atoms with van der Waals surface area (Å²) in [6.45, 7) is 4.63. The summed E-state index contributed by atoms with van der Waals surface area (Å²) in [6.07, 6.45) is 3.71. The fourth-order valence-corrected chi connectivity index (χ4v) is 3.80. The van der Waals surface area contributed by atoms with E-state index in [4.69, 9.17) is 11.6 Å². The summed E-state index contributed by atoms with van der Waals surface area (Å²) < 4.78 is 26.8. The van der Waals surface area contributed by atoms with Gasteiger partial charge < -0.3 is 0 Å². The highest BCUT2D eigenvalue weighted by Crippen LogP contribution is 2.23. The maximum absolute atomic E-state index is 12.7. The SMILES string of the molecule is CCCCCN(C)S(=O)(=O)c1cc(CCl)ccc1CC. The van der Waals surface area contributed by atoms with Crippen molar-refractivity contribution in [3.63, 3.8) is 0 Å². The molecule has 20 heavy (non-hydrogen) atoms. The maximum atomic E-state index is 12.7. The van der Waals surface area contributed by atoms with Crippen LogP contribution in [-0.2, 0) is 22.3 Å². The summed E-state index contributed by atoms with van der Waals surface area (Å²) in [6, 6.07) is 5.46. The largest absolute Gasteiger partial charge is 0.243 e. The number of hydrogen-bond donors (Lipinski definition) is 0. The second kappa shape index (κ2) is 8.01. The third-order valence-corrected chi connectivity index (χ3v) is 5.68. The fraction of sp³-hybridized carbons (Fsp3) is 0.600. The van der Waals surface area contributed by atoms with Gasteiger partial charge in [-0.2, -0.15) is 0 Å². The van der Waals surface area contributed by atoms with Gasteiger partial charge in [-0.3, -0.25) is 0 Å². The minimum absolute atomic E-state index is 0.325. The maximum Gasteiger partial charge on any atom is 0.243 e. The van der Waals surface area contributed by atoms with Crippen LogP contribution in [0.2, 0.25) is 0 Å². The topological polar surface area (TPSA) is 37.4 Å². The van der Waals surface area contributed by atoms with Crippen molar-refractivity contribution in [2.24, 2.45) is 0 Å². The Hall–Kier alpha value is -0.580. The molecule has 0 heterocycles. The van der Waals surface area contributed by atoms with E-state index in [1.54, 1.807) is 13.1 Å². The lowest BCUT2D eigenvalue weighted by Gasteiger charge is -2.19. The number of halogens is 1. The Balaban J connectivity index is 3.06. The smallest absolute Gasteiger partial charge is 0.207 e. The molecule has 0 aliphatic heterocycles. The van der Waals surface area contributed by atoms with Crippen molar-refractivity contribution < 1.29 is 8.42 Å². The summed E-state index contributed by atoms with van der Waals surface area (Å²) in [5.41, 5.74) is 1.69. The molecule has 5 heteroatoms. The molecule has 0 saturated heterocycles. The minimum Gasteiger partial charge on any atom is -0.207 e. The highest BCUT2D eigenvalue weighted by molar-refractivity contribution is 7.89. The molecule has 0 amide bonds. The van der Waals surface area contributed by atoms with Crippen LogP contribution in [-0.4, -0.2) is 26.3 Å². The Morgan fingerprint density at radius 2 is 1.90 bits per heavy atom. The molecular weight excluding hydrogens is 294 g/mol. The van der Waals surface area contributed by atoms with E-state index in [9.17, 15) is 8.42 Å². The van der Waals surface area contributed by atoms with Crippen molar-refractivity contribution in [1.29, 1.82) is 0 Å². The molecule has 0 saturated carbocycles. The van der Waals surface area contributed by atoms with Crippen molar-refractivity contribution in [3.05, 3.63) is 29.3 Å². The van der Waals surface area contributed by atoms with Gasteiger partial charge in [0.2, 0.25) is 10.0 Å². The number of unbranched alkanes of at least 4 members (excludes halogenated alkanes) is 2. The summed E-state index contributed by atoms with van der Waals surface area (Å²) in [5.74, 6) is 0.325. The first-order valence-corrected chi connectivity index (χ1v) is 9.08. The van der Waals surface area contributed by atoms with Crippen LogP contribution in [0.25, 0.3) is 0 Å².